The Morgan fingerprint density at radius 1 is 1.38 bits per heavy atom. The summed E-state index contributed by atoms with van der Waals surface area (Å²) in [7, 11) is 0. The zero-order valence-corrected chi connectivity index (χ0v) is 18.4. The van der Waals surface area contributed by atoms with Gasteiger partial charge in [0.15, 0.2) is 5.60 Å². The molecular formula is C21H24ClFN6O3. The number of halogens is 2. The molecule has 0 bridgehead atoms. The summed E-state index contributed by atoms with van der Waals surface area (Å²) in [5.74, 6) is -0.705. The number of amides is 2. The van der Waals surface area contributed by atoms with E-state index >= 15 is 0 Å². The molecule has 2 aliphatic heterocycles. The maximum absolute atomic E-state index is 14.0. The Kier molecular flexibility index (Phi) is 5.78. The van der Waals surface area contributed by atoms with Gasteiger partial charge < -0.3 is 26.0 Å². The summed E-state index contributed by atoms with van der Waals surface area (Å²) in [4.78, 5) is 37.5. The van der Waals surface area contributed by atoms with Crippen molar-refractivity contribution in [3.05, 3.63) is 46.5 Å². The van der Waals surface area contributed by atoms with E-state index in [1.54, 1.807) is 6.92 Å². The van der Waals surface area contributed by atoms with Crippen LogP contribution in [0.5, 0.6) is 0 Å². The molecule has 32 heavy (non-hydrogen) atoms. The van der Waals surface area contributed by atoms with Crippen LogP contribution in [0.3, 0.4) is 0 Å². The highest BCUT2D eigenvalue weighted by atomic mass is 35.5. The Morgan fingerprint density at radius 3 is 2.78 bits per heavy atom. The molecule has 4 N–H and O–H groups in total. The number of anilines is 2. The van der Waals surface area contributed by atoms with Crippen molar-refractivity contribution >= 4 is 35.1 Å². The third-order valence-electron chi connectivity index (χ3n) is 6.17. The zero-order chi connectivity index (χ0) is 23.2. The van der Waals surface area contributed by atoms with Crippen LogP contribution in [0.25, 0.3) is 0 Å². The van der Waals surface area contributed by atoms with E-state index in [-0.39, 0.29) is 35.0 Å². The van der Waals surface area contributed by atoms with Gasteiger partial charge >= 0.3 is 0 Å². The second kappa shape index (κ2) is 8.27. The predicted octanol–water partition coefficient (Wildman–Crippen LogP) is 1.21. The summed E-state index contributed by atoms with van der Waals surface area (Å²) in [5.41, 5.74) is 4.47. The lowest BCUT2D eigenvalue weighted by molar-refractivity contribution is -0.154. The molecule has 1 fully saturated rings. The van der Waals surface area contributed by atoms with Crippen LogP contribution >= 0.6 is 11.6 Å². The number of nitrogens with one attached hydrogen (secondary N) is 1. The minimum atomic E-state index is -2.08. The molecule has 9 nitrogen and oxygen atoms in total. The van der Waals surface area contributed by atoms with Crippen molar-refractivity contribution in [1.29, 1.82) is 0 Å². The first-order valence-corrected chi connectivity index (χ1v) is 10.6. The van der Waals surface area contributed by atoms with Gasteiger partial charge in [-0.15, -0.1) is 0 Å². The molecular weight excluding hydrogens is 439 g/mol. The number of hydrogen-bond donors (Lipinski definition) is 3. The lowest BCUT2D eigenvalue weighted by atomic mass is 9.91. The van der Waals surface area contributed by atoms with Gasteiger partial charge in [-0.25, -0.2) is 14.4 Å². The highest BCUT2D eigenvalue weighted by Gasteiger charge is 2.43. The molecule has 0 saturated carbocycles. The van der Waals surface area contributed by atoms with Gasteiger partial charge in [0.25, 0.3) is 5.91 Å². The fourth-order valence-corrected chi connectivity index (χ4v) is 4.38. The Morgan fingerprint density at radius 2 is 2.12 bits per heavy atom. The molecule has 1 aromatic heterocycles. The van der Waals surface area contributed by atoms with Crippen LogP contribution in [0, 0.1) is 5.82 Å². The number of rotatable bonds is 4. The maximum atomic E-state index is 14.0. The molecule has 4 rings (SSSR count). The van der Waals surface area contributed by atoms with Crippen LogP contribution < -0.4 is 16.0 Å². The molecule has 2 aromatic rings. The summed E-state index contributed by atoms with van der Waals surface area (Å²) < 4.78 is 14.0. The molecule has 2 amide bonds. The number of nitrogens with two attached hydrogens (primary N) is 1. The van der Waals surface area contributed by atoms with Gasteiger partial charge in [0.2, 0.25) is 5.91 Å². The molecule has 0 aliphatic carbocycles. The van der Waals surface area contributed by atoms with Crippen molar-refractivity contribution < 1.29 is 19.1 Å². The molecule has 2 aliphatic rings. The molecule has 0 spiro atoms. The van der Waals surface area contributed by atoms with Crippen molar-refractivity contribution in [3.8, 4) is 0 Å². The SMILES string of the molecule is CC1C(=O)Nc2ncnc(N3CCN(C(=O)[C@](O)(CN)c4ccc(Cl)c(F)c4)[C@H](C)C3)c21. The highest BCUT2D eigenvalue weighted by Crippen LogP contribution is 2.37. The molecule has 3 atom stereocenters. The Labute approximate surface area is 189 Å². The van der Waals surface area contributed by atoms with Crippen LogP contribution in [-0.4, -0.2) is 64.0 Å². The van der Waals surface area contributed by atoms with E-state index < -0.39 is 23.9 Å². The third kappa shape index (κ3) is 3.58. The standard InChI is InChI=1S/C21H24ClFN6O3/c1-11-8-28(18-16-12(2)19(30)27-17(16)25-10-26-18)5-6-29(11)20(31)21(32,9-24)13-3-4-14(22)15(23)7-13/h3-4,7,10-12,32H,5-6,8-9,24H2,1-2H3,(H,25,26,27,30)/t11-,12?,21+/m1/s1. The van der Waals surface area contributed by atoms with Crippen molar-refractivity contribution in [1.82, 2.24) is 14.9 Å². The third-order valence-corrected chi connectivity index (χ3v) is 6.47. The Hall–Kier alpha value is -2.82. The predicted molar refractivity (Wildman–Crippen MR) is 117 cm³/mol. The Bertz CT molecular complexity index is 1090. The number of fused-ring (bicyclic) bond motifs is 1. The van der Waals surface area contributed by atoms with E-state index in [1.165, 1.54) is 23.4 Å². The highest BCUT2D eigenvalue weighted by molar-refractivity contribution is 6.30. The zero-order valence-electron chi connectivity index (χ0n) is 17.7. The minimum Gasteiger partial charge on any atom is -0.374 e. The minimum absolute atomic E-state index is 0.0496. The van der Waals surface area contributed by atoms with E-state index in [2.05, 4.69) is 15.3 Å². The first kappa shape index (κ1) is 22.4. The summed E-state index contributed by atoms with van der Waals surface area (Å²) in [6.07, 6.45) is 1.40. The average molecular weight is 463 g/mol. The van der Waals surface area contributed by atoms with E-state index in [0.717, 1.165) is 11.6 Å². The van der Waals surface area contributed by atoms with Crippen LogP contribution in [0.2, 0.25) is 5.02 Å². The molecule has 0 radical (unpaired) electrons. The van der Waals surface area contributed by atoms with Gasteiger partial charge in [-0.1, -0.05) is 17.7 Å². The van der Waals surface area contributed by atoms with Gasteiger partial charge in [-0.2, -0.15) is 0 Å². The molecule has 3 heterocycles. The van der Waals surface area contributed by atoms with E-state index in [9.17, 15) is 19.1 Å². The number of carbonyl (C=O) groups excluding carboxylic acids is 2. The number of hydrogen-bond acceptors (Lipinski definition) is 7. The number of nitrogens with zero attached hydrogens (tertiary/aromatic N) is 4. The van der Waals surface area contributed by atoms with Crippen LogP contribution in [-0.2, 0) is 15.2 Å². The monoisotopic (exact) mass is 462 g/mol. The molecule has 11 heteroatoms. The number of aromatic nitrogens is 2. The summed E-state index contributed by atoms with van der Waals surface area (Å²) in [5, 5.41) is 13.8. The van der Waals surface area contributed by atoms with Gasteiger partial charge in [-0.3, -0.25) is 9.59 Å². The summed E-state index contributed by atoms with van der Waals surface area (Å²) >= 11 is 5.73. The second-order valence-electron chi connectivity index (χ2n) is 8.16. The van der Waals surface area contributed by atoms with E-state index in [1.807, 2.05) is 11.8 Å². The van der Waals surface area contributed by atoms with Crippen LogP contribution in [0.1, 0.15) is 30.9 Å². The van der Waals surface area contributed by atoms with Crippen molar-refractivity contribution in [2.75, 3.05) is 36.4 Å². The molecule has 1 saturated heterocycles. The first-order valence-electron chi connectivity index (χ1n) is 10.3. The quantitative estimate of drug-likeness (QED) is 0.623. The average Bonchev–Trinajstić information content (AvgIpc) is 3.08. The Balaban J connectivity index is 1.56. The molecule has 1 unspecified atom stereocenters. The van der Waals surface area contributed by atoms with Crippen LogP contribution in [0.15, 0.2) is 24.5 Å². The summed E-state index contributed by atoms with van der Waals surface area (Å²) in [6, 6.07) is 3.40. The van der Waals surface area contributed by atoms with Gasteiger partial charge in [0.05, 0.1) is 10.9 Å². The van der Waals surface area contributed by atoms with Gasteiger partial charge in [0.1, 0.15) is 23.8 Å². The van der Waals surface area contributed by atoms with Gasteiger partial charge in [-0.05, 0) is 31.5 Å². The van der Waals surface area contributed by atoms with Gasteiger partial charge in [0, 0.05) is 37.8 Å². The smallest absolute Gasteiger partial charge is 0.260 e. The topological polar surface area (TPSA) is 125 Å². The molecule has 1 aromatic carbocycles. The number of carbonyl (C=O) groups is 2. The van der Waals surface area contributed by atoms with Crippen molar-refractivity contribution in [3.63, 3.8) is 0 Å². The lowest BCUT2D eigenvalue weighted by Crippen LogP contribution is -2.60. The number of benzene rings is 1. The number of aliphatic hydroxyl groups is 1. The first-order chi connectivity index (χ1) is 15.2. The fourth-order valence-electron chi connectivity index (χ4n) is 4.26. The second-order valence-corrected chi connectivity index (χ2v) is 8.56. The van der Waals surface area contributed by atoms with E-state index in [4.69, 9.17) is 17.3 Å². The maximum Gasteiger partial charge on any atom is 0.260 e. The van der Waals surface area contributed by atoms with Crippen molar-refractivity contribution in [2.24, 2.45) is 5.73 Å². The summed E-state index contributed by atoms with van der Waals surface area (Å²) in [6.45, 7) is 4.36. The number of piperazine rings is 1. The lowest BCUT2D eigenvalue weighted by Gasteiger charge is -2.43. The van der Waals surface area contributed by atoms with E-state index in [0.29, 0.717) is 24.7 Å². The normalized spacial score (nSPS) is 22.4. The largest absolute Gasteiger partial charge is 0.374 e. The van der Waals surface area contributed by atoms with Crippen LogP contribution in [0.4, 0.5) is 16.0 Å². The van der Waals surface area contributed by atoms with Crippen molar-refractivity contribution in [2.45, 2.75) is 31.4 Å². The molecule has 170 valence electrons. The fraction of sp³-hybridized carbons (Fsp3) is 0.429.